The van der Waals surface area contributed by atoms with E-state index < -0.39 is 34.3 Å². The van der Waals surface area contributed by atoms with Crippen molar-refractivity contribution in [2.24, 2.45) is 0 Å². The number of carbonyl (C=O) groups is 2. The number of rotatable bonds is 12. The summed E-state index contributed by atoms with van der Waals surface area (Å²) in [7, 11) is -2.39. The van der Waals surface area contributed by atoms with Gasteiger partial charge in [-0.25, -0.2) is 12.8 Å². The molecule has 1 unspecified atom stereocenters. The fraction of sp³-hybridized carbons (Fsp3) is 0.286. The number of halogens is 1. The van der Waals surface area contributed by atoms with Crippen molar-refractivity contribution in [3.8, 4) is 5.75 Å². The first kappa shape index (κ1) is 28.6. The monoisotopic (exact) mass is 541 g/mol. The van der Waals surface area contributed by atoms with E-state index in [9.17, 15) is 22.4 Å². The van der Waals surface area contributed by atoms with Crippen LogP contribution in [0.5, 0.6) is 5.75 Å². The van der Waals surface area contributed by atoms with Crippen LogP contribution in [0, 0.1) is 5.82 Å². The number of nitrogens with zero attached hydrogens (tertiary/aromatic N) is 2. The first-order chi connectivity index (χ1) is 18.1. The molecule has 0 aromatic heterocycles. The molecule has 0 aliphatic heterocycles. The number of carbonyl (C=O) groups excluding carboxylic acids is 2. The van der Waals surface area contributed by atoms with Gasteiger partial charge < -0.3 is 15.0 Å². The summed E-state index contributed by atoms with van der Waals surface area (Å²) < 4.78 is 45.6. The Balaban J connectivity index is 1.83. The number of likely N-dealkylation sites (N-methyl/N-ethyl adjacent to an activating group) is 1. The van der Waals surface area contributed by atoms with Crippen molar-refractivity contribution in [1.82, 2.24) is 10.2 Å². The molecule has 1 atom stereocenters. The van der Waals surface area contributed by atoms with Crippen LogP contribution in [0.2, 0.25) is 0 Å². The normalized spacial score (nSPS) is 11.9. The van der Waals surface area contributed by atoms with Gasteiger partial charge in [-0.2, -0.15) is 0 Å². The minimum atomic E-state index is -3.86. The molecule has 202 valence electrons. The lowest BCUT2D eigenvalue weighted by atomic mass is 10.1. The highest BCUT2D eigenvalue weighted by atomic mass is 32.2. The van der Waals surface area contributed by atoms with Crippen molar-refractivity contribution in [2.75, 3.05) is 24.2 Å². The topological polar surface area (TPSA) is 96.0 Å². The Morgan fingerprint density at radius 1 is 0.947 bits per heavy atom. The fourth-order valence-electron chi connectivity index (χ4n) is 3.94. The molecule has 0 heterocycles. The van der Waals surface area contributed by atoms with E-state index in [2.05, 4.69) is 5.32 Å². The van der Waals surface area contributed by atoms with E-state index in [0.29, 0.717) is 24.3 Å². The predicted octanol–water partition coefficient (Wildman–Crippen LogP) is 3.72. The molecule has 0 saturated carbocycles. The van der Waals surface area contributed by atoms with Gasteiger partial charge in [-0.1, -0.05) is 49.4 Å². The third kappa shape index (κ3) is 7.79. The molecule has 2 amide bonds. The molecule has 38 heavy (non-hydrogen) atoms. The highest BCUT2D eigenvalue weighted by Gasteiger charge is 2.31. The Labute approximate surface area is 223 Å². The van der Waals surface area contributed by atoms with Crippen LogP contribution in [-0.2, 0) is 32.8 Å². The summed E-state index contributed by atoms with van der Waals surface area (Å²) in [5.74, 6) is -0.834. The largest absolute Gasteiger partial charge is 0.489 e. The van der Waals surface area contributed by atoms with Gasteiger partial charge in [0.2, 0.25) is 21.8 Å². The second-order valence-electron chi connectivity index (χ2n) is 8.72. The summed E-state index contributed by atoms with van der Waals surface area (Å²) in [6.07, 6.45) is 1.32. The zero-order valence-electron chi connectivity index (χ0n) is 21.6. The lowest BCUT2D eigenvalue weighted by molar-refractivity contribution is -0.140. The van der Waals surface area contributed by atoms with Crippen molar-refractivity contribution in [3.63, 3.8) is 0 Å². The van der Waals surface area contributed by atoms with Crippen LogP contribution in [-0.4, -0.2) is 51.0 Å². The third-order valence-electron chi connectivity index (χ3n) is 5.95. The third-order valence-corrected chi connectivity index (χ3v) is 7.09. The molecule has 0 aliphatic carbocycles. The Morgan fingerprint density at radius 3 is 2.13 bits per heavy atom. The maximum absolute atomic E-state index is 13.5. The molecule has 0 spiro atoms. The first-order valence-corrected chi connectivity index (χ1v) is 14.0. The summed E-state index contributed by atoms with van der Waals surface area (Å²) in [6.45, 7) is 1.60. The highest BCUT2D eigenvalue weighted by Crippen LogP contribution is 2.23. The lowest BCUT2D eigenvalue weighted by Crippen LogP contribution is -2.51. The molecule has 0 radical (unpaired) electrons. The van der Waals surface area contributed by atoms with Crippen molar-refractivity contribution in [1.29, 1.82) is 0 Å². The molecule has 3 rings (SSSR count). The molecule has 0 fully saturated rings. The van der Waals surface area contributed by atoms with Gasteiger partial charge in [0.1, 0.15) is 30.8 Å². The summed E-state index contributed by atoms with van der Waals surface area (Å²) in [5, 5.41) is 2.55. The number of sulfonamides is 1. The molecule has 3 aromatic carbocycles. The number of hydrogen-bond donors (Lipinski definition) is 1. The van der Waals surface area contributed by atoms with Crippen LogP contribution in [0.25, 0.3) is 0 Å². The summed E-state index contributed by atoms with van der Waals surface area (Å²) >= 11 is 0. The second-order valence-corrected chi connectivity index (χ2v) is 10.6. The van der Waals surface area contributed by atoms with E-state index in [1.807, 2.05) is 30.3 Å². The molecular weight excluding hydrogens is 509 g/mol. The Morgan fingerprint density at radius 2 is 1.58 bits per heavy atom. The van der Waals surface area contributed by atoms with Crippen LogP contribution < -0.4 is 14.4 Å². The van der Waals surface area contributed by atoms with E-state index in [-0.39, 0.29) is 18.1 Å². The van der Waals surface area contributed by atoms with E-state index in [1.165, 1.54) is 36.2 Å². The molecular formula is C28H32FN3O5S. The molecule has 1 N–H and O–H groups in total. The molecule has 0 bridgehead atoms. The lowest BCUT2D eigenvalue weighted by Gasteiger charge is -2.32. The number of benzene rings is 3. The smallest absolute Gasteiger partial charge is 0.244 e. The van der Waals surface area contributed by atoms with Crippen LogP contribution >= 0.6 is 0 Å². The maximum atomic E-state index is 13.5. The molecule has 10 heteroatoms. The van der Waals surface area contributed by atoms with E-state index in [1.54, 1.807) is 31.2 Å². The quantitative estimate of drug-likeness (QED) is 0.377. The second kappa shape index (κ2) is 13.0. The van der Waals surface area contributed by atoms with Gasteiger partial charge >= 0.3 is 0 Å². The number of nitrogens with one attached hydrogen (secondary N) is 1. The van der Waals surface area contributed by atoms with Crippen LogP contribution in [0.4, 0.5) is 10.1 Å². The average molecular weight is 542 g/mol. The maximum Gasteiger partial charge on any atom is 0.244 e. The first-order valence-electron chi connectivity index (χ1n) is 12.1. The molecule has 3 aromatic rings. The van der Waals surface area contributed by atoms with Gasteiger partial charge in [0.15, 0.2) is 0 Å². The van der Waals surface area contributed by atoms with Crippen molar-refractivity contribution < 1.29 is 27.1 Å². The SMILES string of the molecule is CCC(C(=O)NC)N(Cc1ccc(F)cc1)C(=O)CN(c1ccc(OCc2ccccc2)cc1)S(C)(=O)=O. The Kier molecular flexibility index (Phi) is 9.84. The minimum Gasteiger partial charge on any atom is -0.489 e. The molecule has 8 nitrogen and oxygen atoms in total. The van der Waals surface area contributed by atoms with Crippen LogP contribution in [0.1, 0.15) is 24.5 Å². The minimum absolute atomic E-state index is 0.00884. The van der Waals surface area contributed by atoms with Crippen LogP contribution in [0.3, 0.4) is 0 Å². The zero-order valence-corrected chi connectivity index (χ0v) is 22.4. The van der Waals surface area contributed by atoms with Gasteiger partial charge in [-0.15, -0.1) is 0 Å². The van der Waals surface area contributed by atoms with Gasteiger partial charge in [0.25, 0.3) is 0 Å². The van der Waals surface area contributed by atoms with E-state index in [4.69, 9.17) is 4.74 Å². The highest BCUT2D eigenvalue weighted by molar-refractivity contribution is 7.92. The van der Waals surface area contributed by atoms with Gasteiger partial charge in [0, 0.05) is 13.6 Å². The van der Waals surface area contributed by atoms with Gasteiger partial charge in [-0.05, 0) is 53.9 Å². The van der Waals surface area contributed by atoms with Gasteiger partial charge in [-0.3, -0.25) is 13.9 Å². The summed E-state index contributed by atoms with van der Waals surface area (Å²) in [4.78, 5) is 27.4. The van der Waals surface area contributed by atoms with E-state index in [0.717, 1.165) is 16.1 Å². The molecule has 0 saturated heterocycles. The van der Waals surface area contributed by atoms with Crippen molar-refractivity contribution in [2.45, 2.75) is 32.5 Å². The molecule has 0 aliphatic rings. The summed E-state index contributed by atoms with van der Waals surface area (Å²) in [5.41, 5.74) is 1.87. The number of hydrogen-bond acceptors (Lipinski definition) is 5. The van der Waals surface area contributed by atoms with Crippen molar-refractivity contribution in [3.05, 3.63) is 95.8 Å². The average Bonchev–Trinajstić information content (AvgIpc) is 2.91. The zero-order chi connectivity index (χ0) is 27.7. The van der Waals surface area contributed by atoms with Gasteiger partial charge in [0.05, 0.1) is 11.9 Å². The fourth-order valence-corrected chi connectivity index (χ4v) is 4.79. The standard InChI is InChI=1S/C28H32FN3O5S/c1-4-26(28(34)30-2)31(18-21-10-12-23(29)13-11-21)27(33)19-32(38(3,35)36)24-14-16-25(17-15-24)37-20-22-8-6-5-7-9-22/h5-17,26H,4,18-20H2,1-3H3,(H,30,34). The summed E-state index contributed by atoms with van der Waals surface area (Å²) in [6, 6.07) is 20.7. The van der Waals surface area contributed by atoms with E-state index >= 15 is 0 Å². The number of anilines is 1. The Bertz CT molecular complexity index is 1320. The number of amides is 2. The predicted molar refractivity (Wildman–Crippen MR) is 145 cm³/mol. The van der Waals surface area contributed by atoms with Crippen molar-refractivity contribution >= 4 is 27.5 Å². The van der Waals surface area contributed by atoms with Crippen LogP contribution in [0.15, 0.2) is 78.9 Å². The number of ether oxygens (including phenoxy) is 1. The Hall–Kier alpha value is -3.92.